The number of carbonyl (C=O) groups is 3. The molecule has 0 bridgehead atoms. The minimum Gasteiger partial charge on any atom is -0.481 e. The van der Waals surface area contributed by atoms with Gasteiger partial charge in [0.15, 0.2) is 0 Å². The second-order valence-corrected chi connectivity index (χ2v) is 4.09. The van der Waals surface area contributed by atoms with Crippen LogP contribution < -0.4 is 0 Å². The van der Waals surface area contributed by atoms with Crippen molar-refractivity contribution in [3.05, 3.63) is 0 Å². The normalized spacial score (nSPS) is 31.8. The molecule has 1 aliphatic carbocycles. The van der Waals surface area contributed by atoms with Gasteiger partial charge in [-0.3, -0.25) is 19.3 Å². The first-order valence-corrected chi connectivity index (χ1v) is 5.16. The molecule has 88 valence electrons. The SMILES string of the molecule is COCCCN1C(=O)C2C(C(=O)O)C2C1=O. The number of amides is 2. The number of rotatable bonds is 5. The average Bonchev–Trinajstić information content (AvgIpc) is 2.92. The zero-order chi connectivity index (χ0) is 11.9. The van der Waals surface area contributed by atoms with Crippen molar-refractivity contribution in [2.24, 2.45) is 17.8 Å². The van der Waals surface area contributed by atoms with Gasteiger partial charge in [-0.1, -0.05) is 0 Å². The molecule has 1 saturated carbocycles. The van der Waals surface area contributed by atoms with E-state index in [0.29, 0.717) is 19.6 Å². The summed E-state index contributed by atoms with van der Waals surface area (Å²) in [4.78, 5) is 35.2. The lowest BCUT2D eigenvalue weighted by Gasteiger charge is -2.16. The van der Waals surface area contributed by atoms with E-state index in [1.54, 1.807) is 7.11 Å². The van der Waals surface area contributed by atoms with E-state index >= 15 is 0 Å². The Morgan fingerprint density at radius 2 is 1.94 bits per heavy atom. The molecule has 0 spiro atoms. The third kappa shape index (κ3) is 1.49. The number of fused-ring (bicyclic) bond motifs is 1. The first-order valence-electron chi connectivity index (χ1n) is 5.16. The van der Waals surface area contributed by atoms with Crippen LogP contribution in [0.5, 0.6) is 0 Å². The molecule has 16 heavy (non-hydrogen) atoms. The Balaban J connectivity index is 1.95. The number of piperidine rings is 1. The Bertz CT molecular complexity index is 331. The van der Waals surface area contributed by atoms with Crippen molar-refractivity contribution in [2.45, 2.75) is 6.42 Å². The number of ether oxygens (including phenoxy) is 1. The molecule has 6 heteroatoms. The maximum Gasteiger partial charge on any atom is 0.308 e. The van der Waals surface area contributed by atoms with Crippen LogP contribution in [0.3, 0.4) is 0 Å². The van der Waals surface area contributed by atoms with Crippen LogP contribution in [0.2, 0.25) is 0 Å². The summed E-state index contributed by atoms with van der Waals surface area (Å²) in [6.45, 7) is 0.805. The summed E-state index contributed by atoms with van der Waals surface area (Å²) in [5.74, 6) is -3.70. The molecule has 2 amide bonds. The zero-order valence-corrected chi connectivity index (χ0v) is 8.88. The van der Waals surface area contributed by atoms with E-state index < -0.39 is 23.7 Å². The van der Waals surface area contributed by atoms with Gasteiger partial charge in [-0.15, -0.1) is 0 Å². The van der Waals surface area contributed by atoms with E-state index in [-0.39, 0.29) is 11.8 Å². The molecule has 1 N–H and O–H groups in total. The second-order valence-electron chi connectivity index (χ2n) is 4.09. The van der Waals surface area contributed by atoms with E-state index in [4.69, 9.17) is 9.84 Å². The number of likely N-dealkylation sites (tertiary alicyclic amines) is 1. The highest BCUT2D eigenvalue weighted by molar-refractivity contribution is 6.13. The summed E-state index contributed by atoms with van der Waals surface area (Å²) in [5, 5.41) is 8.75. The molecule has 1 heterocycles. The number of carboxylic acids is 1. The summed E-state index contributed by atoms with van der Waals surface area (Å²) in [7, 11) is 1.55. The third-order valence-electron chi connectivity index (χ3n) is 3.14. The molecule has 2 unspecified atom stereocenters. The fourth-order valence-corrected chi connectivity index (χ4v) is 2.29. The summed E-state index contributed by atoms with van der Waals surface area (Å²) < 4.78 is 4.83. The molecule has 0 radical (unpaired) electrons. The molecule has 0 aromatic rings. The van der Waals surface area contributed by atoms with E-state index in [9.17, 15) is 14.4 Å². The van der Waals surface area contributed by atoms with Crippen molar-refractivity contribution in [3.8, 4) is 0 Å². The van der Waals surface area contributed by atoms with Crippen LogP contribution in [0.4, 0.5) is 0 Å². The average molecular weight is 227 g/mol. The number of hydrogen-bond acceptors (Lipinski definition) is 4. The fraction of sp³-hybridized carbons (Fsp3) is 0.700. The lowest BCUT2D eigenvalue weighted by molar-refractivity contribution is -0.148. The van der Waals surface area contributed by atoms with Crippen molar-refractivity contribution in [2.75, 3.05) is 20.3 Å². The summed E-state index contributed by atoms with van der Waals surface area (Å²) in [5.41, 5.74) is 0. The first-order chi connectivity index (χ1) is 7.59. The Labute approximate surface area is 92.2 Å². The molecule has 6 nitrogen and oxygen atoms in total. The van der Waals surface area contributed by atoms with E-state index in [0.717, 1.165) is 4.90 Å². The van der Waals surface area contributed by atoms with Gasteiger partial charge >= 0.3 is 5.97 Å². The molecule has 2 fully saturated rings. The lowest BCUT2D eigenvalue weighted by Crippen LogP contribution is -2.36. The number of carbonyl (C=O) groups excluding carboxylic acids is 2. The zero-order valence-electron chi connectivity index (χ0n) is 8.88. The molecule has 1 saturated heterocycles. The van der Waals surface area contributed by atoms with Gasteiger partial charge in [0.25, 0.3) is 0 Å². The molecule has 0 aromatic carbocycles. The Morgan fingerprint density at radius 1 is 1.38 bits per heavy atom. The van der Waals surface area contributed by atoms with Gasteiger partial charge in [0.1, 0.15) is 0 Å². The standard InChI is InChI=1S/C10H13NO5/c1-16-4-2-3-11-8(12)5-6(9(11)13)7(5)10(14)15/h5-7H,2-4H2,1H3,(H,14,15). The molecule has 1 aliphatic heterocycles. The Hall–Kier alpha value is -1.43. The van der Waals surface area contributed by atoms with Crippen LogP contribution in [0.15, 0.2) is 0 Å². The van der Waals surface area contributed by atoms with Gasteiger partial charge in [0.2, 0.25) is 11.8 Å². The van der Waals surface area contributed by atoms with Gasteiger partial charge in [-0.05, 0) is 6.42 Å². The summed E-state index contributed by atoms with van der Waals surface area (Å²) in [6.07, 6.45) is 0.588. The highest BCUT2D eigenvalue weighted by atomic mass is 16.5. The van der Waals surface area contributed by atoms with E-state index in [2.05, 4.69) is 0 Å². The second kappa shape index (κ2) is 3.86. The van der Waals surface area contributed by atoms with Crippen molar-refractivity contribution in [1.29, 1.82) is 0 Å². The molecule has 2 aliphatic rings. The van der Waals surface area contributed by atoms with E-state index in [1.165, 1.54) is 0 Å². The van der Waals surface area contributed by atoms with Crippen molar-refractivity contribution < 1.29 is 24.2 Å². The van der Waals surface area contributed by atoms with Gasteiger partial charge < -0.3 is 9.84 Å². The number of hydrogen-bond donors (Lipinski definition) is 1. The number of aliphatic carboxylic acids is 1. The first kappa shape index (κ1) is 11.1. The monoisotopic (exact) mass is 227 g/mol. The van der Waals surface area contributed by atoms with Crippen LogP contribution in [0, 0.1) is 17.8 Å². The van der Waals surface area contributed by atoms with E-state index in [1.807, 2.05) is 0 Å². The molecular weight excluding hydrogens is 214 g/mol. The highest BCUT2D eigenvalue weighted by Crippen LogP contribution is 2.53. The van der Waals surface area contributed by atoms with Crippen LogP contribution in [-0.4, -0.2) is 48.1 Å². The van der Waals surface area contributed by atoms with Crippen LogP contribution in [0.1, 0.15) is 6.42 Å². The van der Waals surface area contributed by atoms with Crippen LogP contribution >= 0.6 is 0 Å². The van der Waals surface area contributed by atoms with Gasteiger partial charge in [0, 0.05) is 20.3 Å². The topological polar surface area (TPSA) is 83.9 Å². The maximum absolute atomic E-state index is 11.7. The molecule has 2 atom stereocenters. The smallest absolute Gasteiger partial charge is 0.308 e. The quantitative estimate of drug-likeness (QED) is 0.498. The van der Waals surface area contributed by atoms with Crippen LogP contribution in [-0.2, 0) is 19.1 Å². The Kier molecular flexibility index (Phi) is 2.67. The Morgan fingerprint density at radius 3 is 2.38 bits per heavy atom. The molecule has 2 rings (SSSR count). The summed E-state index contributed by atoms with van der Waals surface area (Å²) in [6, 6.07) is 0. The minimum atomic E-state index is -1.05. The van der Waals surface area contributed by atoms with Crippen molar-refractivity contribution in [3.63, 3.8) is 0 Å². The number of nitrogens with zero attached hydrogens (tertiary/aromatic N) is 1. The third-order valence-corrected chi connectivity index (χ3v) is 3.14. The van der Waals surface area contributed by atoms with Crippen LogP contribution in [0.25, 0.3) is 0 Å². The highest BCUT2D eigenvalue weighted by Gasteiger charge is 2.70. The van der Waals surface area contributed by atoms with Crippen molar-refractivity contribution >= 4 is 17.8 Å². The van der Waals surface area contributed by atoms with Gasteiger partial charge in [-0.2, -0.15) is 0 Å². The maximum atomic E-state index is 11.7. The molecular formula is C10H13NO5. The number of methoxy groups -OCH3 is 1. The predicted molar refractivity (Wildman–Crippen MR) is 51.3 cm³/mol. The predicted octanol–water partition coefficient (Wildman–Crippen LogP) is -0.661. The summed E-state index contributed by atoms with van der Waals surface area (Å²) >= 11 is 0. The van der Waals surface area contributed by atoms with Gasteiger partial charge in [-0.25, -0.2) is 0 Å². The minimum absolute atomic E-state index is 0.324. The lowest BCUT2D eigenvalue weighted by atomic mass is 10.2. The largest absolute Gasteiger partial charge is 0.481 e. The number of imide groups is 1. The van der Waals surface area contributed by atoms with Gasteiger partial charge in [0.05, 0.1) is 17.8 Å². The molecule has 0 aromatic heterocycles. The fourth-order valence-electron chi connectivity index (χ4n) is 2.29. The van der Waals surface area contributed by atoms with Crippen molar-refractivity contribution in [1.82, 2.24) is 4.90 Å². The number of carboxylic acid groups (broad SMARTS) is 1.